The van der Waals surface area contributed by atoms with Crippen molar-refractivity contribution in [2.45, 2.75) is 59.5 Å². The molecule has 0 bridgehead atoms. The molecule has 1 aromatic carbocycles. The zero-order valence-electron chi connectivity index (χ0n) is 21.5. The number of anilines is 1. The lowest BCUT2D eigenvalue weighted by Gasteiger charge is -2.29. The highest BCUT2D eigenvalue weighted by Crippen LogP contribution is 2.34. The van der Waals surface area contributed by atoms with Crippen molar-refractivity contribution < 1.29 is 22.4 Å². The van der Waals surface area contributed by atoms with E-state index in [4.69, 9.17) is 11.6 Å². The number of benzene rings is 1. The SMILES string of the molecule is CCn1cc(C(F)(F)F)nc1-c1ccc(CN2C(=O)C(C)Cn3nc(-c4c(Cl)cnn4C(C)C)nc32)cc1F. The van der Waals surface area contributed by atoms with Crippen LogP contribution in [0.4, 0.5) is 23.5 Å². The van der Waals surface area contributed by atoms with E-state index >= 15 is 4.39 Å². The Kier molecular flexibility index (Phi) is 6.73. The topological polar surface area (TPSA) is 86.7 Å². The van der Waals surface area contributed by atoms with E-state index in [-0.39, 0.29) is 42.4 Å². The Balaban J connectivity index is 1.49. The number of carbonyl (C=O) groups is 1. The minimum absolute atomic E-state index is 0.0123. The molecule has 4 heterocycles. The molecular weight excluding hydrogens is 540 g/mol. The van der Waals surface area contributed by atoms with Crippen molar-refractivity contribution in [3.05, 3.63) is 52.7 Å². The molecule has 1 aliphatic rings. The summed E-state index contributed by atoms with van der Waals surface area (Å²) in [5, 5.41) is 9.23. The van der Waals surface area contributed by atoms with Gasteiger partial charge >= 0.3 is 6.18 Å². The molecule has 0 saturated carbocycles. The minimum Gasteiger partial charge on any atom is -0.331 e. The number of imidazole rings is 1. The fourth-order valence-electron chi connectivity index (χ4n) is 4.58. The molecule has 39 heavy (non-hydrogen) atoms. The van der Waals surface area contributed by atoms with Crippen LogP contribution in [0.15, 0.2) is 30.6 Å². The molecule has 0 fully saturated rings. The van der Waals surface area contributed by atoms with Gasteiger partial charge in [-0.1, -0.05) is 24.6 Å². The summed E-state index contributed by atoms with van der Waals surface area (Å²) in [5.74, 6) is -0.929. The molecule has 206 valence electrons. The van der Waals surface area contributed by atoms with Crippen LogP contribution in [0.3, 0.4) is 0 Å². The minimum atomic E-state index is -4.65. The maximum Gasteiger partial charge on any atom is 0.434 e. The quantitative estimate of drug-likeness (QED) is 0.285. The Morgan fingerprint density at radius 2 is 1.95 bits per heavy atom. The Bertz CT molecular complexity index is 1550. The van der Waals surface area contributed by atoms with E-state index in [0.29, 0.717) is 28.6 Å². The van der Waals surface area contributed by atoms with Crippen LogP contribution in [0.2, 0.25) is 5.02 Å². The summed E-state index contributed by atoms with van der Waals surface area (Å²) in [6.45, 7) is 7.75. The van der Waals surface area contributed by atoms with E-state index in [1.54, 1.807) is 29.3 Å². The number of carbonyl (C=O) groups excluding carboxylic acids is 1. The molecule has 1 amide bonds. The molecule has 1 unspecified atom stereocenters. The Morgan fingerprint density at radius 1 is 1.21 bits per heavy atom. The number of amides is 1. The Hall–Kier alpha value is -3.74. The largest absolute Gasteiger partial charge is 0.434 e. The lowest BCUT2D eigenvalue weighted by Crippen LogP contribution is -2.42. The van der Waals surface area contributed by atoms with Gasteiger partial charge in [-0.05, 0) is 38.5 Å². The molecule has 4 aromatic rings. The molecule has 0 N–H and O–H groups in total. The third kappa shape index (κ3) is 4.79. The summed E-state index contributed by atoms with van der Waals surface area (Å²) in [5.41, 5.74) is -0.222. The van der Waals surface area contributed by atoms with E-state index < -0.39 is 23.6 Å². The van der Waals surface area contributed by atoms with Crippen molar-refractivity contribution in [2.24, 2.45) is 5.92 Å². The fraction of sp³-hybridized carbons (Fsp3) is 0.400. The van der Waals surface area contributed by atoms with Crippen LogP contribution < -0.4 is 4.90 Å². The zero-order valence-corrected chi connectivity index (χ0v) is 22.3. The van der Waals surface area contributed by atoms with Crippen LogP contribution in [-0.4, -0.2) is 40.0 Å². The normalized spacial score (nSPS) is 15.9. The van der Waals surface area contributed by atoms with Crippen LogP contribution >= 0.6 is 11.6 Å². The number of alkyl halides is 3. The highest BCUT2D eigenvalue weighted by molar-refractivity contribution is 6.32. The van der Waals surface area contributed by atoms with Crippen molar-refractivity contribution >= 4 is 23.5 Å². The zero-order chi connectivity index (χ0) is 28.2. The highest BCUT2D eigenvalue weighted by atomic mass is 35.5. The molecule has 5 rings (SSSR count). The van der Waals surface area contributed by atoms with Gasteiger partial charge in [0, 0.05) is 18.8 Å². The van der Waals surface area contributed by atoms with Crippen LogP contribution in [0.5, 0.6) is 0 Å². The number of nitrogens with zero attached hydrogens (tertiary/aromatic N) is 8. The van der Waals surface area contributed by atoms with Gasteiger partial charge in [0.05, 0.1) is 35.8 Å². The first-order chi connectivity index (χ1) is 18.4. The van der Waals surface area contributed by atoms with Gasteiger partial charge in [-0.3, -0.25) is 14.4 Å². The van der Waals surface area contributed by atoms with Crippen LogP contribution in [0.1, 0.15) is 45.0 Å². The number of fused-ring (bicyclic) bond motifs is 1. The fourth-order valence-corrected chi connectivity index (χ4v) is 4.79. The molecule has 0 radical (unpaired) electrons. The number of rotatable bonds is 6. The van der Waals surface area contributed by atoms with E-state index in [1.165, 1.54) is 27.8 Å². The molecule has 0 spiro atoms. The van der Waals surface area contributed by atoms with Crippen LogP contribution in [0, 0.1) is 11.7 Å². The second-order valence-electron chi connectivity index (χ2n) is 9.67. The third-order valence-electron chi connectivity index (χ3n) is 6.50. The summed E-state index contributed by atoms with van der Waals surface area (Å²) < 4.78 is 59.4. The number of hydrogen-bond donors (Lipinski definition) is 0. The predicted octanol–water partition coefficient (Wildman–Crippen LogP) is 5.60. The van der Waals surface area contributed by atoms with Gasteiger partial charge in [0.25, 0.3) is 0 Å². The molecule has 0 saturated heterocycles. The highest BCUT2D eigenvalue weighted by Gasteiger charge is 2.36. The lowest BCUT2D eigenvalue weighted by atomic mass is 10.1. The predicted molar refractivity (Wildman–Crippen MR) is 135 cm³/mol. The van der Waals surface area contributed by atoms with E-state index in [9.17, 15) is 18.0 Å². The molecule has 9 nitrogen and oxygen atoms in total. The average Bonchev–Trinajstić information content (AvgIpc) is 3.58. The smallest absolute Gasteiger partial charge is 0.331 e. The van der Waals surface area contributed by atoms with Gasteiger partial charge < -0.3 is 4.57 Å². The monoisotopic (exact) mass is 564 g/mol. The molecule has 1 aliphatic heterocycles. The van der Waals surface area contributed by atoms with Gasteiger partial charge in [-0.25, -0.2) is 14.1 Å². The summed E-state index contributed by atoms with van der Waals surface area (Å²) in [4.78, 5) is 22.8. The molecular formula is C25H25ClF4N8O. The maximum absolute atomic E-state index is 15.2. The number of hydrogen-bond acceptors (Lipinski definition) is 5. The second kappa shape index (κ2) is 9.78. The maximum atomic E-state index is 15.2. The molecule has 3 aromatic heterocycles. The summed E-state index contributed by atoms with van der Waals surface area (Å²) in [6, 6.07) is 4.10. The Morgan fingerprint density at radius 3 is 2.59 bits per heavy atom. The lowest BCUT2D eigenvalue weighted by molar-refractivity contribution is -0.140. The number of aryl methyl sites for hydroxylation is 1. The van der Waals surface area contributed by atoms with Crippen LogP contribution in [-0.2, 0) is 30.6 Å². The van der Waals surface area contributed by atoms with Gasteiger partial charge in [0.1, 0.15) is 17.3 Å². The second-order valence-corrected chi connectivity index (χ2v) is 10.1. The van der Waals surface area contributed by atoms with Crippen molar-refractivity contribution in [3.63, 3.8) is 0 Å². The number of aromatic nitrogens is 7. The van der Waals surface area contributed by atoms with Gasteiger partial charge in [0.2, 0.25) is 17.7 Å². The first-order valence-electron chi connectivity index (χ1n) is 12.3. The van der Waals surface area contributed by atoms with E-state index in [1.807, 2.05) is 13.8 Å². The first kappa shape index (κ1) is 26.9. The van der Waals surface area contributed by atoms with Gasteiger partial charge in [-0.15, -0.1) is 5.10 Å². The van der Waals surface area contributed by atoms with Crippen molar-refractivity contribution in [2.75, 3.05) is 4.90 Å². The standard InChI is InChI=1S/C25H25ClF4N8O/c1-5-35-12-19(25(28,29)30)32-22(35)16-7-6-15(8-18(16)27)11-36-23(39)14(4)10-37-24(36)33-21(34-37)20-17(26)9-31-38(20)13(2)3/h6-9,12-14H,5,10-11H2,1-4H3. The summed E-state index contributed by atoms with van der Waals surface area (Å²) in [6.07, 6.45) is -2.28. The van der Waals surface area contributed by atoms with Gasteiger partial charge in [-0.2, -0.15) is 23.3 Å². The molecule has 0 aliphatic carbocycles. The van der Waals surface area contributed by atoms with Gasteiger partial charge in [0.15, 0.2) is 5.69 Å². The first-order valence-corrected chi connectivity index (χ1v) is 12.7. The summed E-state index contributed by atoms with van der Waals surface area (Å²) in [7, 11) is 0. The van der Waals surface area contributed by atoms with Crippen molar-refractivity contribution in [3.8, 4) is 22.9 Å². The average molecular weight is 565 g/mol. The van der Waals surface area contributed by atoms with Crippen molar-refractivity contribution in [1.29, 1.82) is 0 Å². The van der Waals surface area contributed by atoms with Crippen LogP contribution in [0.25, 0.3) is 22.9 Å². The van der Waals surface area contributed by atoms with Crippen molar-refractivity contribution in [1.82, 2.24) is 34.1 Å². The number of halogens is 5. The molecule has 14 heteroatoms. The molecule has 1 atom stereocenters. The Labute approximate surface area is 226 Å². The summed E-state index contributed by atoms with van der Waals surface area (Å²) >= 11 is 6.38. The van der Waals surface area contributed by atoms with E-state index in [0.717, 1.165) is 6.20 Å². The van der Waals surface area contributed by atoms with E-state index in [2.05, 4.69) is 20.2 Å². The third-order valence-corrected chi connectivity index (χ3v) is 6.78.